The maximum absolute atomic E-state index is 12.3. The Morgan fingerprint density at radius 2 is 2.00 bits per heavy atom. The summed E-state index contributed by atoms with van der Waals surface area (Å²) in [6.45, 7) is 1.66. The summed E-state index contributed by atoms with van der Waals surface area (Å²) in [5.74, 6) is -2.57. The predicted octanol–water partition coefficient (Wildman–Crippen LogP) is 1.75. The third-order valence-corrected chi connectivity index (χ3v) is 3.10. The number of esters is 1. The molecule has 24 heavy (non-hydrogen) atoms. The summed E-state index contributed by atoms with van der Waals surface area (Å²) in [4.78, 5) is 42.9. The third-order valence-electron chi connectivity index (χ3n) is 3.10. The molecule has 2 aromatic rings. The lowest BCUT2D eigenvalue weighted by Gasteiger charge is -2.16. The SMILES string of the molecule is CCC(OC(=O)c1cnccn1)C(=O)Nc1ccccc1C(=O)O. The van der Waals surface area contributed by atoms with Gasteiger partial charge in [-0.25, -0.2) is 14.6 Å². The van der Waals surface area contributed by atoms with Crippen molar-refractivity contribution in [1.29, 1.82) is 0 Å². The smallest absolute Gasteiger partial charge is 0.359 e. The van der Waals surface area contributed by atoms with Gasteiger partial charge in [-0.05, 0) is 18.6 Å². The standard InChI is InChI=1S/C16H15N3O5/c1-2-13(24-16(23)12-9-17-7-8-18-12)14(20)19-11-6-4-3-5-10(11)15(21)22/h3-9,13H,2H2,1H3,(H,19,20)(H,21,22). The lowest BCUT2D eigenvalue weighted by Crippen LogP contribution is -2.32. The average Bonchev–Trinajstić information content (AvgIpc) is 2.60. The van der Waals surface area contributed by atoms with Crippen molar-refractivity contribution in [1.82, 2.24) is 9.97 Å². The molecule has 0 radical (unpaired) electrons. The summed E-state index contributed by atoms with van der Waals surface area (Å²) in [7, 11) is 0. The number of para-hydroxylation sites is 1. The van der Waals surface area contributed by atoms with E-state index in [0.717, 1.165) is 0 Å². The van der Waals surface area contributed by atoms with E-state index in [1.54, 1.807) is 19.1 Å². The first kappa shape index (κ1) is 17.1. The summed E-state index contributed by atoms with van der Waals surface area (Å²) in [6.07, 6.45) is 3.10. The van der Waals surface area contributed by atoms with E-state index in [1.807, 2.05) is 0 Å². The number of carboxylic acids is 1. The molecule has 0 aliphatic rings. The molecule has 2 rings (SSSR count). The number of nitrogens with one attached hydrogen (secondary N) is 1. The molecular weight excluding hydrogens is 314 g/mol. The average molecular weight is 329 g/mol. The van der Waals surface area contributed by atoms with E-state index in [0.29, 0.717) is 0 Å². The molecule has 2 N–H and O–H groups in total. The highest BCUT2D eigenvalue weighted by molar-refractivity contribution is 6.02. The first-order valence-corrected chi connectivity index (χ1v) is 7.13. The molecule has 1 aromatic heterocycles. The van der Waals surface area contributed by atoms with Crippen LogP contribution in [0.15, 0.2) is 42.9 Å². The first-order chi connectivity index (χ1) is 11.5. The van der Waals surface area contributed by atoms with Crippen LogP contribution in [-0.4, -0.2) is 39.0 Å². The Bertz CT molecular complexity index is 748. The number of aromatic carboxylic acids is 1. The summed E-state index contributed by atoms with van der Waals surface area (Å²) in [6, 6.07) is 5.96. The number of anilines is 1. The Morgan fingerprint density at radius 3 is 2.62 bits per heavy atom. The summed E-state index contributed by atoms with van der Waals surface area (Å²) < 4.78 is 5.12. The van der Waals surface area contributed by atoms with Crippen LogP contribution in [0.4, 0.5) is 5.69 Å². The van der Waals surface area contributed by atoms with Gasteiger partial charge in [0.15, 0.2) is 11.8 Å². The quantitative estimate of drug-likeness (QED) is 0.775. The number of rotatable bonds is 6. The lowest BCUT2D eigenvalue weighted by molar-refractivity contribution is -0.124. The largest absolute Gasteiger partial charge is 0.478 e. The molecule has 1 heterocycles. The summed E-state index contributed by atoms with van der Waals surface area (Å²) >= 11 is 0. The minimum absolute atomic E-state index is 0.0188. The minimum atomic E-state index is -1.17. The van der Waals surface area contributed by atoms with Gasteiger partial charge in [0.05, 0.1) is 17.4 Å². The van der Waals surface area contributed by atoms with Crippen molar-refractivity contribution in [3.8, 4) is 0 Å². The van der Waals surface area contributed by atoms with Gasteiger partial charge in [-0.15, -0.1) is 0 Å². The number of ether oxygens (including phenoxy) is 1. The number of carbonyl (C=O) groups is 3. The molecule has 0 fully saturated rings. The van der Waals surface area contributed by atoms with Gasteiger partial charge in [-0.2, -0.15) is 0 Å². The van der Waals surface area contributed by atoms with Crippen LogP contribution in [0.3, 0.4) is 0 Å². The Labute approximate surface area is 137 Å². The van der Waals surface area contributed by atoms with Crippen molar-refractivity contribution in [2.45, 2.75) is 19.4 Å². The molecule has 1 unspecified atom stereocenters. The number of carboxylic acid groups (broad SMARTS) is 1. The third kappa shape index (κ3) is 4.13. The molecular formula is C16H15N3O5. The monoisotopic (exact) mass is 329 g/mol. The Hall–Kier alpha value is -3.29. The zero-order valence-electron chi connectivity index (χ0n) is 12.8. The summed E-state index contributed by atoms with van der Waals surface area (Å²) in [5, 5.41) is 11.6. The van der Waals surface area contributed by atoms with Crippen LogP contribution in [0, 0.1) is 0 Å². The van der Waals surface area contributed by atoms with Crippen LogP contribution in [0.1, 0.15) is 34.2 Å². The van der Waals surface area contributed by atoms with Gasteiger partial charge < -0.3 is 15.2 Å². The van der Waals surface area contributed by atoms with Gasteiger partial charge in [0.1, 0.15) is 0 Å². The second kappa shape index (κ2) is 7.82. The number of hydrogen-bond acceptors (Lipinski definition) is 6. The maximum Gasteiger partial charge on any atom is 0.359 e. The molecule has 0 saturated carbocycles. The molecule has 8 heteroatoms. The molecule has 1 atom stereocenters. The van der Waals surface area contributed by atoms with Crippen LogP contribution in [0.2, 0.25) is 0 Å². The number of aromatic nitrogens is 2. The highest BCUT2D eigenvalue weighted by Gasteiger charge is 2.24. The Balaban J connectivity index is 2.10. The topological polar surface area (TPSA) is 118 Å². The van der Waals surface area contributed by atoms with Crippen molar-refractivity contribution in [2.75, 3.05) is 5.32 Å². The van der Waals surface area contributed by atoms with E-state index in [-0.39, 0.29) is 23.4 Å². The normalized spacial score (nSPS) is 11.4. The van der Waals surface area contributed by atoms with Gasteiger partial charge in [0.25, 0.3) is 5.91 Å². The second-order valence-corrected chi connectivity index (χ2v) is 4.73. The van der Waals surface area contributed by atoms with Gasteiger partial charge >= 0.3 is 11.9 Å². The fourth-order valence-corrected chi connectivity index (χ4v) is 1.91. The number of carbonyl (C=O) groups excluding carboxylic acids is 2. The number of hydrogen-bond donors (Lipinski definition) is 2. The zero-order valence-corrected chi connectivity index (χ0v) is 12.8. The Kier molecular flexibility index (Phi) is 5.56. The molecule has 0 bridgehead atoms. The van der Waals surface area contributed by atoms with Gasteiger partial charge in [0, 0.05) is 12.4 Å². The van der Waals surface area contributed by atoms with Gasteiger partial charge in [-0.3, -0.25) is 9.78 Å². The fourth-order valence-electron chi connectivity index (χ4n) is 1.91. The van der Waals surface area contributed by atoms with Crippen molar-refractivity contribution >= 4 is 23.5 Å². The number of amides is 1. The maximum atomic E-state index is 12.3. The molecule has 0 spiro atoms. The van der Waals surface area contributed by atoms with Crippen molar-refractivity contribution in [3.05, 3.63) is 54.1 Å². The first-order valence-electron chi connectivity index (χ1n) is 7.13. The predicted molar refractivity (Wildman–Crippen MR) is 83.6 cm³/mol. The highest BCUT2D eigenvalue weighted by Crippen LogP contribution is 2.16. The van der Waals surface area contributed by atoms with Gasteiger partial charge in [0.2, 0.25) is 0 Å². The highest BCUT2D eigenvalue weighted by atomic mass is 16.5. The van der Waals surface area contributed by atoms with E-state index in [4.69, 9.17) is 9.84 Å². The lowest BCUT2D eigenvalue weighted by atomic mass is 10.1. The number of benzene rings is 1. The second-order valence-electron chi connectivity index (χ2n) is 4.73. The van der Waals surface area contributed by atoms with E-state index < -0.39 is 23.9 Å². The molecule has 0 aliphatic carbocycles. The zero-order chi connectivity index (χ0) is 17.5. The van der Waals surface area contributed by atoms with Gasteiger partial charge in [-0.1, -0.05) is 19.1 Å². The Morgan fingerprint density at radius 1 is 1.25 bits per heavy atom. The molecule has 1 amide bonds. The van der Waals surface area contributed by atoms with Crippen LogP contribution < -0.4 is 5.32 Å². The molecule has 0 aliphatic heterocycles. The van der Waals surface area contributed by atoms with Crippen molar-refractivity contribution in [3.63, 3.8) is 0 Å². The molecule has 124 valence electrons. The van der Waals surface area contributed by atoms with Crippen LogP contribution in [0.25, 0.3) is 0 Å². The molecule has 0 saturated heterocycles. The van der Waals surface area contributed by atoms with E-state index in [9.17, 15) is 14.4 Å². The van der Waals surface area contributed by atoms with Crippen molar-refractivity contribution < 1.29 is 24.2 Å². The van der Waals surface area contributed by atoms with E-state index in [2.05, 4.69) is 15.3 Å². The minimum Gasteiger partial charge on any atom is -0.478 e. The molecule has 8 nitrogen and oxygen atoms in total. The number of nitrogens with zero attached hydrogens (tertiary/aromatic N) is 2. The van der Waals surface area contributed by atoms with E-state index >= 15 is 0 Å². The van der Waals surface area contributed by atoms with E-state index in [1.165, 1.54) is 30.7 Å². The van der Waals surface area contributed by atoms with Crippen molar-refractivity contribution in [2.24, 2.45) is 0 Å². The fraction of sp³-hybridized carbons (Fsp3) is 0.188. The van der Waals surface area contributed by atoms with Crippen LogP contribution >= 0.6 is 0 Å². The van der Waals surface area contributed by atoms with Crippen LogP contribution in [-0.2, 0) is 9.53 Å². The summed E-state index contributed by atoms with van der Waals surface area (Å²) in [5.41, 5.74) is 0.0552. The van der Waals surface area contributed by atoms with Crippen LogP contribution in [0.5, 0.6) is 0 Å². The molecule has 1 aromatic carbocycles.